The molecular formula is C15H28F3N3O5S. The molecule has 160 valence electrons. The summed E-state index contributed by atoms with van der Waals surface area (Å²) < 4.78 is 65.3. The van der Waals surface area contributed by atoms with E-state index in [2.05, 4.69) is 4.90 Å². The van der Waals surface area contributed by atoms with Gasteiger partial charge in [0.2, 0.25) is 0 Å². The number of rotatable bonds is 4. The molecule has 0 aliphatic carbocycles. The molecule has 2 aliphatic rings. The van der Waals surface area contributed by atoms with Crippen LogP contribution in [0.1, 0.15) is 25.7 Å². The fourth-order valence-corrected chi connectivity index (χ4v) is 4.38. The van der Waals surface area contributed by atoms with E-state index in [0.29, 0.717) is 13.1 Å². The van der Waals surface area contributed by atoms with E-state index in [1.165, 1.54) is 4.31 Å². The van der Waals surface area contributed by atoms with Gasteiger partial charge in [0.15, 0.2) is 0 Å². The maximum absolute atomic E-state index is 12.2. The van der Waals surface area contributed by atoms with Gasteiger partial charge in [-0.1, -0.05) is 0 Å². The minimum Gasteiger partial charge on any atom is -0.475 e. The lowest BCUT2D eigenvalue weighted by Gasteiger charge is -2.39. The van der Waals surface area contributed by atoms with E-state index in [-0.39, 0.29) is 11.7 Å². The van der Waals surface area contributed by atoms with Gasteiger partial charge in [-0.15, -0.1) is 0 Å². The Labute approximate surface area is 158 Å². The van der Waals surface area contributed by atoms with Crippen LogP contribution in [-0.2, 0) is 19.7 Å². The fourth-order valence-electron chi connectivity index (χ4n) is 3.20. The van der Waals surface area contributed by atoms with Gasteiger partial charge in [0, 0.05) is 33.7 Å². The van der Waals surface area contributed by atoms with Crippen molar-refractivity contribution in [2.24, 2.45) is 0 Å². The average Bonchev–Trinajstić information content (AvgIpc) is 2.90. The predicted molar refractivity (Wildman–Crippen MR) is 92.5 cm³/mol. The highest BCUT2D eigenvalue weighted by molar-refractivity contribution is 7.86. The summed E-state index contributed by atoms with van der Waals surface area (Å²) in [7, 11) is 3.93. The zero-order valence-corrected chi connectivity index (χ0v) is 16.8. The van der Waals surface area contributed by atoms with Crippen LogP contribution in [0, 0.1) is 0 Å². The van der Waals surface area contributed by atoms with Gasteiger partial charge < -0.3 is 14.7 Å². The maximum atomic E-state index is 12.2. The topological polar surface area (TPSA) is 90.4 Å². The van der Waals surface area contributed by atoms with E-state index in [1.807, 2.05) is 14.1 Å². The van der Waals surface area contributed by atoms with Crippen LogP contribution >= 0.6 is 0 Å². The second-order valence-electron chi connectivity index (χ2n) is 7.25. The van der Waals surface area contributed by atoms with Gasteiger partial charge in [-0.05, 0) is 39.8 Å². The first kappa shape index (κ1) is 24.1. The molecule has 1 N–H and O–H groups in total. The van der Waals surface area contributed by atoms with Gasteiger partial charge >= 0.3 is 12.1 Å². The van der Waals surface area contributed by atoms with Gasteiger partial charge in [0.05, 0.1) is 11.7 Å². The first-order valence-electron chi connectivity index (χ1n) is 8.50. The molecule has 12 heteroatoms. The third kappa shape index (κ3) is 6.86. The first-order chi connectivity index (χ1) is 12.2. The molecule has 0 radical (unpaired) electrons. The third-order valence-electron chi connectivity index (χ3n) is 4.46. The van der Waals surface area contributed by atoms with E-state index in [0.717, 1.165) is 32.2 Å². The lowest BCUT2D eigenvalue weighted by Crippen LogP contribution is -2.47. The lowest BCUT2D eigenvalue weighted by molar-refractivity contribution is -0.192. The summed E-state index contributed by atoms with van der Waals surface area (Å²) in [4.78, 5) is 11.0. The van der Waals surface area contributed by atoms with Crippen molar-refractivity contribution in [1.29, 1.82) is 0 Å². The largest absolute Gasteiger partial charge is 0.490 e. The number of ether oxygens (including phenoxy) is 1. The highest BCUT2D eigenvalue weighted by atomic mass is 32.2. The number of carboxylic acid groups (broad SMARTS) is 1. The number of carboxylic acids is 1. The molecule has 0 aromatic carbocycles. The summed E-state index contributed by atoms with van der Waals surface area (Å²) in [5, 5.41) is 7.12. The van der Waals surface area contributed by atoms with Crippen LogP contribution in [0.25, 0.3) is 0 Å². The predicted octanol–water partition coefficient (Wildman–Crippen LogP) is 1.00. The number of carbonyl (C=O) groups is 1. The number of aliphatic carboxylic acids is 1. The molecule has 0 aromatic rings. The van der Waals surface area contributed by atoms with Crippen molar-refractivity contribution in [3.63, 3.8) is 0 Å². The highest BCUT2D eigenvalue weighted by Crippen LogP contribution is 2.37. The Morgan fingerprint density at radius 1 is 1.26 bits per heavy atom. The van der Waals surface area contributed by atoms with Gasteiger partial charge in [0.1, 0.15) is 0 Å². The molecule has 2 rings (SSSR count). The van der Waals surface area contributed by atoms with Crippen LogP contribution in [0.3, 0.4) is 0 Å². The number of alkyl halides is 3. The fraction of sp³-hybridized carbons (Fsp3) is 0.933. The Morgan fingerprint density at radius 3 is 2.26 bits per heavy atom. The summed E-state index contributed by atoms with van der Waals surface area (Å²) in [6, 6.07) is 0. The second kappa shape index (κ2) is 9.03. The SMILES string of the molecule is CN(C)C[C@H]1CCC[C@]2(CCN(S(=O)(=O)N(C)C)C2)O1.O=C(O)C(F)(F)F. The van der Waals surface area contributed by atoms with Crippen molar-refractivity contribution in [2.75, 3.05) is 47.8 Å². The van der Waals surface area contributed by atoms with E-state index in [4.69, 9.17) is 14.6 Å². The molecule has 2 aliphatic heterocycles. The van der Waals surface area contributed by atoms with Crippen LogP contribution in [0.15, 0.2) is 0 Å². The highest BCUT2D eigenvalue weighted by Gasteiger charge is 2.46. The summed E-state index contributed by atoms with van der Waals surface area (Å²) in [6.45, 7) is 1.97. The molecule has 27 heavy (non-hydrogen) atoms. The molecule has 1 spiro atoms. The van der Waals surface area contributed by atoms with Crippen molar-refractivity contribution >= 4 is 16.2 Å². The average molecular weight is 419 g/mol. The first-order valence-corrected chi connectivity index (χ1v) is 9.89. The van der Waals surface area contributed by atoms with Gasteiger partial charge in [-0.2, -0.15) is 30.2 Å². The molecule has 0 amide bonds. The normalized spacial score (nSPS) is 27.1. The van der Waals surface area contributed by atoms with Crippen LogP contribution in [0.5, 0.6) is 0 Å². The molecule has 0 unspecified atom stereocenters. The quantitative estimate of drug-likeness (QED) is 0.731. The Balaban J connectivity index is 0.000000445. The van der Waals surface area contributed by atoms with Crippen LogP contribution in [-0.4, -0.2) is 98.7 Å². The zero-order valence-electron chi connectivity index (χ0n) is 16.0. The number of hydrogen-bond donors (Lipinski definition) is 1. The van der Waals surface area contributed by atoms with E-state index < -0.39 is 22.4 Å². The number of hydrogen-bond acceptors (Lipinski definition) is 5. The van der Waals surface area contributed by atoms with Crippen molar-refractivity contribution in [3.8, 4) is 0 Å². The van der Waals surface area contributed by atoms with Crippen LogP contribution in [0.2, 0.25) is 0 Å². The van der Waals surface area contributed by atoms with Crippen molar-refractivity contribution in [2.45, 2.75) is 43.6 Å². The Morgan fingerprint density at radius 2 is 1.81 bits per heavy atom. The monoisotopic (exact) mass is 419 g/mol. The van der Waals surface area contributed by atoms with E-state index >= 15 is 0 Å². The Kier molecular flexibility index (Phi) is 8.06. The van der Waals surface area contributed by atoms with Gasteiger partial charge in [-0.3, -0.25) is 0 Å². The van der Waals surface area contributed by atoms with Gasteiger partial charge in [-0.25, -0.2) is 4.79 Å². The second-order valence-corrected chi connectivity index (χ2v) is 9.40. The van der Waals surface area contributed by atoms with E-state index in [9.17, 15) is 21.6 Å². The van der Waals surface area contributed by atoms with Crippen molar-refractivity contribution in [1.82, 2.24) is 13.5 Å². The minimum absolute atomic E-state index is 0.223. The Bertz CT molecular complexity index is 612. The molecular weight excluding hydrogens is 391 g/mol. The van der Waals surface area contributed by atoms with Gasteiger partial charge in [0.25, 0.3) is 10.2 Å². The van der Waals surface area contributed by atoms with Crippen LogP contribution in [0.4, 0.5) is 13.2 Å². The molecule has 0 bridgehead atoms. The molecule has 0 aromatic heterocycles. The van der Waals surface area contributed by atoms with Crippen molar-refractivity contribution < 1.29 is 36.2 Å². The molecule has 2 heterocycles. The maximum Gasteiger partial charge on any atom is 0.490 e. The molecule has 8 nitrogen and oxygen atoms in total. The number of halogens is 3. The summed E-state index contributed by atoms with van der Waals surface area (Å²) in [5.41, 5.74) is -0.262. The zero-order chi connectivity index (χ0) is 21.0. The van der Waals surface area contributed by atoms with Crippen LogP contribution < -0.4 is 0 Å². The molecule has 0 saturated carbocycles. The van der Waals surface area contributed by atoms with E-state index in [1.54, 1.807) is 18.4 Å². The summed E-state index contributed by atoms with van der Waals surface area (Å²) >= 11 is 0. The summed E-state index contributed by atoms with van der Waals surface area (Å²) in [6.07, 6.45) is -0.893. The lowest BCUT2D eigenvalue weighted by atomic mass is 9.90. The Hall–Kier alpha value is -0.950. The number of nitrogens with zero attached hydrogens (tertiary/aromatic N) is 3. The molecule has 2 saturated heterocycles. The number of likely N-dealkylation sites (N-methyl/N-ethyl adjacent to an activating group) is 1. The molecule has 2 fully saturated rings. The van der Waals surface area contributed by atoms with Crippen molar-refractivity contribution in [3.05, 3.63) is 0 Å². The molecule has 2 atom stereocenters. The summed E-state index contributed by atoms with van der Waals surface area (Å²) in [5.74, 6) is -2.76. The standard InChI is InChI=1S/C13H27N3O3S.C2HF3O2/c1-14(2)10-12-6-5-7-13(19-12)8-9-16(11-13)20(17,18)15(3)4;3-2(4,5)1(6)7/h12H,5-11H2,1-4H3;(H,6,7)/t12-,13-;/m1./s1. The smallest absolute Gasteiger partial charge is 0.475 e. The minimum atomic E-state index is -5.08. The third-order valence-corrected chi connectivity index (χ3v) is 6.34.